The van der Waals surface area contributed by atoms with Gasteiger partial charge in [0.2, 0.25) is 0 Å². The van der Waals surface area contributed by atoms with Crippen LogP contribution in [0.15, 0.2) is 17.5 Å². The first kappa shape index (κ1) is 16.0. The minimum atomic E-state index is 0.157. The molecule has 114 valence electrons. The highest BCUT2D eigenvalue weighted by Gasteiger charge is 2.39. The maximum atomic E-state index is 5.53. The van der Waals surface area contributed by atoms with Crippen molar-refractivity contribution in [3.8, 4) is 0 Å². The van der Waals surface area contributed by atoms with Crippen molar-refractivity contribution in [1.29, 1.82) is 0 Å². The number of thiophene rings is 1. The third-order valence-corrected chi connectivity index (χ3v) is 5.43. The molecule has 1 aliphatic heterocycles. The number of rotatable bonds is 7. The summed E-state index contributed by atoms with van der Waals surface area (Å²) in [4.78, 5) is 4.07. The zero-order valence-electron chi connectivity index (χ0n) is 13.0. The highest BCUT2D eigenvalue weighted by Crippen LogP contribution is 2.36. The van der Waals surface area contributed by atoms with Crippen LogP contribution in [0.3, 0.4) is 0 Å². The van der Waals surface area contributed by atoms with Crippen LogP contribution in [0.2, 0.25) is 0 Å². The fourth-order valence-electron chi connectivity index (χ4n) is 3.06. The van der Waals surface area contributed by atoms with E-state index in [0.717, 1.165) is 39.3 Å². The Hall–Kier alpha value is -0.420. The fraction of sp³-hybridized carbons (Fsp3) is 0.750. The molecule has 0 radical (unpaired) electrons. The molecule has 1 aromatic heterocycles. The number of hydrogen-bond acceptors (Lipinski definition) is 4. The van der Waals surface area contributed by atoms with Crippen molar-refractivity contribution >= 4 is 11.3 Å². The zero-order valence-corrected chi connectivity index (χ0v) is 13.8. The predicted octanol–water partition coefficient (Wildman–Crippen LogP) is 3.29. The summed E-state index contributed by atoms with van der Waals surface area (Å²) in [5.41, 5.74) is 0.157. The molecule has 0 aromatic carbocycles. The number of ether oxygens (including phenoxy) is 1. The van der Waals surface area contributed by atoms with Crippen LogP contribution in [0, 0.1) is 0 Å². The Bertz CT molecular complexity index is 376. The average Bonchev–Trinajstić information content (AvgIpc) is 3.02. The molecule has 3 nitrogen and oxygen atoms in total. The third kappa shape index (κ3) is 3.42. The Morgan fingerprint density at radius 1 is 1.40 bits per heavy atom. The van der Waals surface area contributed by atoms with Gasteiger partial charge in [-0.2, -0.15) is 0 Å². The summed E-state index contributed by atoms with van der Waals surface area (Å²) in [6, 6.07) is 4.84. The van der Waals surface area contributed by atoms with Gasteiger partial charge in [0.1, 0.15) is 0 Å². The van der Waals surface area contributed by atoms with Crippen LogP contribution in [0.5, 0.6) is 0 Å². The molecule has 0 bridgehead atoms. The fourth-order valence-corrected chi connectivity index (χ4v) is 4.00. The first-order chi connectivity index (χ1) is 9.72. The van der Waals surface area contributed by atoms with Crippen LogP contribution in [-0.4, -0.2) is 43.3 Å². The first-order valence-corrected chi connectivity index (χ1v) is 8.70. The molecular weight excluding hydrogens is 268 g/mol. The van der Waals surface area contributed by atoms with Crippen molar-refractivity contribution in [2.24, 2.45) is 0 Å². The second-order valence-electron chi connectivity index (χ2n) is 5.71. The van der Waals surface area contributed by atoms with Gasteiger partial charge < -0.3 is 10.1 Å². The highest BCUT2D eigenvalue weighted by atomic mass is 32.1. The van der Waals surface area contributed by atoms with Gasteiger partial charge in [0.15, 0.2) is 0 Å². The molecule has 1 aromatic rings. The molecule has 0 aliphatic carbocycles. The standard InChI is InChI=1S/C16H28N2OS/c1-4-8-17-15(14-7-6-13-20-14)16(3,5-2)18-9-11-19-12-10-18/h6-7,13,15,17H,4-5,8-12H2,1-3H3. The normalized spacial score (nSPS) is 21.6. The Morgan fingerprint density at radius 2 is 2.15 bits per heavy atom. The molecule has 1 saturated heterocycles. The van der Waals surface area contributed by atoms with Gasteiger partial charge in [0.25, 0.3) is 0 Å². The van der Waals surface area contributed by atoms with Crippen LogP contribution in [0.1, 0.15) is 44.5 Å². The summed E-state index contributed by atoms with van der Waals surface area (Å²) >= 11 is 1.87. The molecule has 2 unspecified atom stereocenters. The molecule has 1 aliphatic rings. The quantitative estimate of drug-likeness (QED) is 0.835. The van der Waals surface area contributed by atoms with E-state index >= 15 is 0 Å². The van der Waals surface area contributed by atoms with Crippen LogP contribution in [-0.2, 0) is 4.74 Å². The number of nitrogens with one attached hydrogen (secondary N) is 1. The van der Waals surface area contributed by atoms with Gasteiger partial charge >= 0.3 is 0 Å². The zero-order chi connectivity index (χ0) is 14.4. The molecule has 1 N–H and O–H groups in total. The molecule has 2 atom stereocenters. The molecule has 1 fully saturated rings. The second kappa shape index (κ2) is 7.55. The van der Waals surface area contributed by atoms with E-state index in [1.165, 1.54) is 11.3 Å². The summed E-state index contributed by atoms with van der Waals surface area (Å²) < 4.78 is 5.53. The molecular formula is C16H28N2OS. The molecule has 0 spiro atoms. The van der Waals surface area contributed by atoms with Crippen molar-refractivity contribution in [3.05, 3.63) is 22.4 Å². The minimum Gasteiger partial charge on any atom is -0.379 e. The molecule has 20 heavy (non-hydrogen) atoms. The molecule has 2 rings (SSSR count). The van der Waals surface area contributed by atoms with Crippen molar-refractivity contribution in [1.82, 2.24) is 10.2 Å². The van der Waals surface area contributed by atoms with E-state index in [0.29, 0.717) is 6.04 Å². The Morgan fingerprint density at radius 3 is 2.70 bits per heavy atom. The van der Waals surface area contributed by atoms with Crippen molar-refractivity contribution in [2.75, 3.05) is 32.8 Å². The van der Waals surface area contributed by atoms with E-state index in [2.05, 4.69) is 48.5 Å². The summed E-state index contributed by atoms with van der Waals surface area (Å²) in [7, 11) is 0. The van der Waals surface area contributed by atoms with Crippen molar-refractivity contribution in [2.45, 2.75) is 45.2 Å². The lowest BCUT2D eigenvalue weighted by atomic mass is 9.85. The smallest absolute Gasteiger partial charge is 0.0599 e. The molecule has 0 saturated carbocycles. The maximum absolute atomic E-state index is 5.53. The van der Waals surface area contributed by atoms with Gasteiger partial charge in [0, 0.05) is 23.5 Å². The second-order valence-corrected chi connectivity index (χ2v) is 6.69. The highest BCUT2D eigenvalue weighted by molar-refractivity contribution is 7.10. The van der Waals surface area contributed by atoms with E-state index in [4.69, 9.17) is 4.74 Å². The summed E-state index contributed by atoms with van der Waals surface area (Å²) in [6.45, 7) is 11.8. The topological polar surface area (TPSA) is 24.5 Å². The molecule has 0 amide bonds. The van der Waals surface area contributed by atoms with E-state index in [1.807, 2.05) is 11.3 Å². The molecule has 2 heterocycles. The van der Waals surface area contributed by atoms with Crippen LogP contribution >= 0.6 is 11.3 Å². The Labute approximate surface area is 127 Å². The van der Waals surface area contributed by atoms with Crippen molar-refractivity contribution in [3.63, 3.8) is 0 Å². The maximum Gasteiger partial charge on any atom is 0.0599 e. The lowest BCUT2D eigenvalue weighted by Crippen LogP contribution is -2.57. The molecule has 4 heteroatoms. The minimum absolute atomic E-state index is 0.157. The number of hydrogen-bond donors (Lipinski definition) is 1. The van der Waals surface area contributed by atoms with Gasteiger partial charge in [0.05, 0.1) is 19.3 Å². The van der Waals surface area contributed by atoms with E-state index in [9.17, 15) is 0 Å². The summed E-state index contributed by atoms with van der Waals surface area (Å²) in [6.07, 6.45) is 2.32. The Kier molecular flexibility index (Phi) is 6.02. The van der Waals surface area contributed by atoms with Gasteiger partial charge in [-0.05, 0) is 37.8 Å². The van der Waals surface area contributed by atoms with Gasteiger partial charge in [-0.1, -0.05) is 19.9 Å². The van der Waals surface area contributed by atoms with E-state index < -0.39 is 0 Å². The summed E-state index contributed by atoms with van der Waals surface area (Å²) in [5.74, 6) is 0. The van der Waals surface area contributed by atoms with Crippen molar-refractivity contribution < 1.29 is 4.74 Å². The summed E-state index contributed by atoms with van der Waals surface area (Å²) in [5, 5.41) is 5.97. The van der Waals surface area contributed by atoms with E-state index in [1.54, 1.807) is 0 Å². The first-order valence-electron chi connectivity index (χ1n) is 7.82. The monoisotopic (exact) mass is 296 g/mol. The number of nitrogens with zero attached hydrogens (tertiary/aromatic N) is 1. The SMILES string of the molecule is CCCNC(c1cccs1)C(C)(CC)N1CCOCC1. The number of morpholine rings is 1. The largest absolute Gasteiger partial charge is 0.379 e. The van der Waals surface area contributed by atoms with Gasteiger partial charge in [-0.3, -0.25) is 4.90 Å². The third-order valence-electron chi connectivity index (χ3n) is 4.50. The van der Waals surface area contributed by atoms with Crippen LogP contribution in [0.25, 0.3) is 0 Å². The lowest BCUT2D eigenvalue weighted by molar-refractivity contribution is -0.0323. The average molecular weight is 296 g/mol. The van der Waals surface area contributed by atoms with Gasteiger partial charge in [-0.15, -0.1) is 11.3 Å². The Balaban J connectivity index is 2.22. The van der Waals surface area contributed by atoms with E-state index in [-0.39, 0.29) is 5.54 Å². The lowest BCUT2D eigenvalue weighted by Gasteiger charge is -2.47. The predicted molar refractivity (Wildman–Crippen MR) is 86.4 cm³/mol. The van der Waals surface area contributed by atoms with Crippen LogP contribution < -0.4 is 5.32 Å². The van der Waals surface area contributed by atoms with Crippen LogP contribution in [0.4, 0.5) is 0 Å². The van der Waals surface area contributed by atoms with Gasteiger partial charge in [-0.25, -0.2) is 0 Å².